The van der Waals surface area contributed by atoms with Crippen LogP contribution in [0.5, 0.6) is 28.7 Å². The number of rotatable bonds is 6. The zero-order chi connectivity index (χ0) is 39.5. The Hall–Kier alpha value is -4.01. The predicted molar refractivity (Wildman–Crippen MR) is 221 cm³/mol. The van der Waals surface area contributed by atoms with Crippen LogP contribution in [0.25, 0.3) is 0 Å². The summed E-state index contributed by atoms with van der Waals surface area (Å²) in [4.78, 5) is 21.4. The summed E-state index contributed by atoms with van der Waals surface area (Å²) in [5.74, 6) is 1.48. The lowest BCUT2D eigenvalue weighted by molar-refractivity contribution is -0.191. The van der Waals surface area contributed by atoms with Crippen LogP contribution in [0.15, 0.2) is 59.9 Å². The first-order valence-electron chi connectivity index (χ1n) is 20.4. The molecule has 4 heterocycles. The second kappa shape index (κ2) is 17.5. The van der Waals surface area contributed by atoms with Gasteiger partial charge in [0.15, 0.2) is 29.0 Å². The van der Waals surface area contributed by atoms with Crippen LogP contribution in [0.4, 0.5) is 0 Å². The van der Waals surface area contributed by atoms with Gasteiger partial charge in [-0.15, -0.1) is 0 Å². The van der Waals surface area contributed by atoms with Crippen molar-refractivity contribution in [2.75, 3.05) is 18.9 Å². The quantitative estimate of drug-likeness (QED) is 0.0978. The molecule has 3 aromatic rings. The predicted octanol–water partition coefficient (Wildman–Crippen LogP) is 6.99. The van der Waals surface area contributed by atoms with E-state index >= 15 is 0 Å². The lowest BCUT2D eigenvalue weighted by atomic mass is 9.70. The molecule has 1 saturated heterocycles. The number of hydrogen-bond donors (Lipinski definition) is 5. The third-order valence-electron chi connectivity index (χ3n) is 12.4. The molecule has 14 heteroatoms. The molecule has 6 N–H and O–H groups in total. The summed E-state index contributed by atoms with van der Waals surface area (Å²) < 4.78 is 26.0. The molecule has 1 aromatic heterocycles. The summed E-state index contributed by atoms with van der Waals surface area (Å²) in [6, 6.07) is 12.7. The summed E-state index contributed by atoms with van der Waals surface area (Å²) in [5.41, 5.74) is 8.85. The average Bonchev–Trinajstić information content (AvgIpc) is 3.18. The molecule has 12 nitrogen and oxygen atoms in total. The molecule has 3 aliphatic heterocycles. The van der Waals surface area contributed by atoms with Gasteiger partial charge >= 0.3 is 5.97 Å². The van der Waals surface area contributed by atoms with E-state index in [1.165, 1.54) is 13.0 Å². The minimum Gasteiger partial charge on any atom is -0.504 e. The van der Waals surface area contributed by atoms with Gasteiger partial charge in [-0.25, -0.2) is 0 Å². The van der Waals surface area contributed by atoms with Crippen molar-refractivity contribution >= 4 is 33.5 Å². The van der Waals surface area contributed by atoms with E-state index in [9.17, 15) is 20.1 Å². The van der Waals surface area contributed by atoms with Crippen LogP contribution in [-0.4, -0.2) is 80.2 Å². The number of carbonyl (C=O) groups is 1. The number of aromatic nitrogens is 1. The van der Waals surface area contributed by atoms with Crippen molar-refractivity contribution in [2.24, 2.45) is 28.5 Å². The molecule has 0 radical (unpaired) electrons. The Kier molecular flexibility index (Phi) is 12.2. The Balaban J connectivity index is 1.10. The number of aromatic hydroxyl groups is 3. The molecule has 9 unspecified atom stereocenters. The Morgan fingerprint density at radius 1 is 1.05 bits per heavy atom. The highest BCUT2D eigenvalue weighted by molar-refractivity contribution is 8.77. The number of phenolic OH excluding ortho intramolecular Hbond substituents is 3. The Labute approximate surface area is 342 Å². The number of hydrogen-bond acceptors (Lipinski definition) is 14. The number of fused-ring (bicyclic) bond motifs is 7. The molecule has 2 aromatic carbocycles. The van der Waals surface area contributed by atoms with E-state index in [1.54, 1.807) is 24.5 Å². The van der Waals surface area contributed by atoms with E-state index in [4.69, 9.17) is 24.7 Å². The largest absolute Gasteiger partial charge is 0.504 e. The molecule has 1 spiro atoms. The minimum absolute atomic E-state index is 0.00873. The number of aliphatic imine (C=N–C) groups is 1. The highest BCUT2D eigenvalue weighted by atomic mass is 33.1. The van der Waals surface area contributed by atoms with Crippen molar-refractivity contribution in [1.29, 1.82) is 0 Å². The van der Waals surface area contributed by atoms with Gasteiger partial charge in [-0.3, -0.25) is 14.8 Å². The van der Waals surface area contributed by atoms with Gasteiger partial charge in [-0.1, -0.05) is 46.6 Å². The van der Waals surface area contributed by atoms with Gasteiger partial charge < -0.3 is 45.3 Å². The van der Waals surface area contributed by atoms with E-state index in [-0.39, 0.29) is 70.4 Å². The first kappa shape index (κ1) is 39.8. The van der Waals surface area contributed by atoms with Gasteiger partial charge in [0.05, 0.1) is 24.4 Å². The smallest absolute Gasteiger partial charge is 0.302 e. The molecule has 57 heavy (non-hydrogen) atoms. The SMILES string of the molecule is CC(=O)OC1CC(c2cc(O)c(O)c(OCCc3cccnc3)c2)OC2C1CCC1SSCC34CC(CCCCN=C(N)N3)CC(C4)Oc3cc(ccc3O)CC12. The number of esters is 1. The Morgan fingerprint density at radius 3 is 2.79 bits per heavy atom. The number of carbonyl (C=O) groups excluding carboxylic acids is 1. The number of nitrogens with zero attached hydrogens (tertiary/aromatic N) is 2. The van der Waals surface area contributed by atoms with E-state index in [1.807, 2.05) is 45.9 Å². The summed E-state index contributed by atoms with van der Waals surface area (Å²) in [6.07, 6.45) is 11.4. The van der Waals surface area contributed by atoms with E-state index in [0.29, 0.717) is 42.5 Å². The van der Waals surface area contributed by atoms with Gasteiger partial charge in [0.25, 0.3) is 0 Å². The maximum Gasteiger partial charge on any atom is 0.302 e. The standard InChI is InChI=1S/C43H54N4O8S2/c1-25(48)53-36-20-35(29-18-34(50)40(51)38(19-29)52-14-11-26-6-4-12-45-23-26)55-41-31(36)8-10-39-32(41)16-27-7-9-33(49)37(17-27)54-30-15-28-5-2-3-13-46-42(44)47-43(21-28,22-30)24-56-57-39/h4,6-7,9,12,17-19,23,28,30-32,35-36,39,41,49-51H,2-3,5,8,10-11,13-16,20-22,24H2,1H3,(H3,44,46,47). The molecular weight excluding hydrogens is 765 g/mol. The number of nitrogens with one attached hydrogen (secondary N) is 1. The maximum atomic E-state index is 12.6. The Bertz CT molecular complexity index is 1920. The van der Waals surface area contributed by atoms with E-state index in [0.717, 1.165) is 74.8 Å². The van der Waals surface area contributed by atoms with Crippen molar-refractivity contribution in [2.45, 2.75) is 113 Å². The number of pyridine rings is 1. The van der Waals surface area contributed by atoms with Gasteiger partial charge in [-0.2, -0.15) is 0 Å². The summed E-state index contributed by atoms with van der Waals surface area (Å²) in [5, 5.41) is 36.7. The fourth-order valence-corrected chi connectivity index (χ4v) is 13.4. The highest BCUT2D eigenvalue weighted by Gasteiger charge is 2.50. The van der Waals surface area contributed by atoms with Crippen molar-refractivity contribution in [3.8, 4) is 28.7 Å². The molecule has 3 fully saturated rings. The van der Waals surface area contributed by atoms with Gasteiger partial charge in [-0.05, 0) is 91.5 Å². The fraction of sp³-hybridized carbons (Fsp3) is 0.558. The average molecular weight is 819 g/mol. The number of benzene rings is 2. The van der Waals surface area contributed by atoms with E-state index in [2.05, 4.69) is 15.3 Å². The third-order valence-corrected chi connectivity index (χ3v) is 15.5. The van der Waals surface area contributed by atoms with Crippen LogP contribution in [-0.2, 0) is 27.1 Å². The second-order valence-corrected chi connectivity index (χ2v) is 19.2. The zero-order valence-electron chi connectivity index (χ0n) is 32.4. The number of ether oxygens (including phenoxy) is 4. The maximum absolute atomic E-state index is 12.6. The molecule has 8 rings (SSSR count). The molecule has 2 saturated carbocycles. The van der Waals surface area contributed by atoms with Crippen LogP contribution >= 0.6 is 21.6 Å². The van der Waals surface area contributed by atoms with Gasteiger partial charge in [0, 0.05) is 68.0 Å². The number of nitrogens with two attached hydrogens (primary N) is 1. The summed E-state index contributed by atoms with van der Waals surface area (Å²) in [6.45, 7) is 2.43. The normalized spacial score (nSPS) is 31.5. The monoisotopic (exact) mass is 818 g/mol. The van der Waals surface area contributed by atoms with Crippen LogP contribution in [0.1, 0.15) is 87.5 Å². The first-order chi connectivity index (χ1) is 27.6. The van der Waals surface area contributed by atoms with Crippen LogP contribution in [0.3, 0.4) is 0 Å². The molecule has 9 atom stereocenters. The van der Waals surface area contributed by atoms with Crippen LogP contribution < -0.4 is 20.5 Å². The molecule has 5 bridgehead atoms. The summed E-state index contributed by atoms with van der Waals surface area (Å²) >= 11 is 0. The lowest BCUT2D eigenvalue weighted by Crippen LogP contribution is -2.59. The first-order valence-corrected chi connectivity index (χ1v) is 22.7. The van der Waals surface area contributed by atoms with Gasteiger partial charge in [0.1, 0.15) is 12.2 Å². The van der Waals surface area contributed by atoms with Crippen molar-refractivity contribution < 1.29 is 39.1 Å². The zero-order valence-corrected chi connectivity index (χ0v) is 34.0. The van der Waals surface area contributed by atoms with Crippen molar-refractivity contribution in [1.82, 2.24) is 10.3 Å². The van der Waals surface area contributed by atoms with Crippen molar-refractivity contribution in [3.05, 3.63) is 71.5 Å². The molecule has 306 valence electrons. The molecule has 0 amide bonds. The van der Waals surface area contributed by atoms with E-state index < -0.39 is 12.2 Å². The molecular formula is C43H54N4O8S2. The number of phenols is 3. The highest BCUT2D eigenvalue weighted by Crippen LogP contribution is 2.53. The Morgan fingerprint density at radius 2 is 1.95 bits per heavy atom. The summed E-state index contributed by atoms with van der Waals surface area (Å²) in [7, 11) is 3.77. The third kappa shape index (κ3) is 9.33. The minimum atomic E-state index is -0.549. The lowest BCUT2D eigenvalue weighted by Gasteiger charge is -2.50. The van der Waals surface area contributed by atoms with Crippen LogP contribution in [0.2, 0.25) is 0 Å². The fourth-order valence-electron chi connectivity index (χ4n) is 9.86. The van der Waals surface area contributed by atoms with Crippen LogP contribution in [0, 0.1) is 17.8 Å². The number of guanidine groups is 1. The topological polar surface area (TPSA) is 178 Å². The molecule has 5 aliphatic rings. The molecule has 2 aliphatic carbocycles. The van der Waals surface area contributed by atoms with Gasteiger partial charge in [0.2, 0.25) is 5.75 Å². The van der Waals surface area contributed by atoms with Crippen molar-refractivity contribution in [3.63, 3.8) is 0 Å². The second-order valence-electron chi connectivity index (χ2n) is 16.5.